The molecule has 0 amide bonds. The molecule has 1 heterocycles. The molecule has 0 spiro atoms. The van der Waals surface area contributed by atoms with Crippen LogP contribution in [-0.2, 0) is 6.42 Å². The Kier molecular flexibility index (Phi) is 5.66. The number of hydrogen-bond donors (Lipinski definition) is 0. The molecule has 0 fully saturated rings. The molecule has 0 unspecified atom stereocenters. The van der Waals surface area contributed by atoms with Gasteiger partial charge in [-0.05, 0) is 72.9 Å². The predicted molar refractivity (Wildman–Crippen MR) is 127 cm³/mol. The van der Waals surface area contributed by atoms with Crippen LogP contribution in [0.3, 0.4) is 0 Å². The third kappa shape index (κ3) is 4.42. The minimum absolute atomic E-state index is 0.0410. The summed E-state index contributed by atoms with van der Waals surface area (Å²) < 4.78 is 0.0410. The highest BCUT2D eigenvalue weighted by Crippen LogP contribution is 2.46. The molecule has 4 rings (SSSR count). The number of benzene rings is 3. The van der Waals surface area contributed by atoms with Gasteiger partial charge in [-0.3, -0.25) is 4.79 Å². The van der Waals surface area contributed by atoms with Crippen LogP contribution in [0.5, 0.6) is 0 Å². The first-order valence-electron chi connectivity index (χ1n) is 10.2. The third-order valence-electron chi connectivity index (χ3n) is 5.21. The van der Waals surface area contributed by atoms with Crippen molar-refractivity contribution in [3.8, 4) is 11.8 Å². The lowest BCUT2D eigenvalue weighted by molar-refractivity contribution is 0.112. The highest BCUT2D eigenvalue weighted by molar-refractivity contribution is 8.01. The Hall–Kier alpha value is -3.02. The van der Waals surface area contributed by atoms with Crippen LogP contribution in [0.1, 0.15) is 58.9 Å². The van der Waals surface area contributed by atoms with Gasteiger partial charge in [-0.15, -0.1) is 11.8 Å². The van der Waals surface area contributed by atoms with Gasteiger partial charge in [0.15, 0.2) is 0 Å². The van der Waals surface area contributed by atoms with Gasteiger partial charge in [0.25, 0.3) is 0 Å². The molecule has 0 aliphatic carbocycles. The van der Waals surface area contributed by atoms with Crippen molar-refractivity contribution in [1.29, 1.82) is 0 Å². The highest BCUT2D eigenvalue weighted by Gasteiger charge is 2.26. The van der Waals surface area contributed by atoms with E-state index in [1.54, 1.807) is 12.1 Å². The number of carbonyl (C=O) groups excluding carboxylic acids is 1. The molecule has 0 radical (unpaired) electrons. The number of aldehydes is 1. The van der Waals surface area contributed by atoms with Gasteiger partial charge in [0.05, 0.1) is 0 Å². The number of hydrogen-bond acceptors (Lipinski definition) is 2. The van der Waals surface area contributed by atoms with Crippen LogP contribution in [0.15, 0.2) is 77.7 Å². The number of thioether (sulfide) groups is 1. The van der Waals surface area contributed by atoms with Gasteiger partial charge in [-0.25, -0.2) is 0 Å². The van der Waals surface area contributed by atoms with Crippen molar-refractivity contribution in [3.63, 3.8) is 0 Å². The summed E-state index contributed by atoms with van der Waals surface area (Å²) in [5.41, 5.74) is 7.67. The Bertz CT molecular complexity index is 1170. The topological polar surface area (TPSA) is 17.1 Å². The average molecular weight is 409 g/mol. The molecule has 0 bridgehead atoms. The van der Waals surface area contributed by atoms with Crippen LogP contribution in [0.2, 0.25) is 0 Å². The van der Waals surface area contributed by atoms with E-state index in [-0.39, 0.29) is 4.75 Å². The quantitative estimate of drug-likeness (QED) is 0.351. The minimum Gasteiger partial charge on any atom is -0.298 e. The molecule has 1 aliphatic heterocycles. The largest absolute Gasteiger partial charge is 0.298 e. The fraction of sp³-hybridized carbons (Fsp3) is 0.179. The molecule has 0 atom stereocenters. The maximum atomic E-state index is 10.8. The smallest absolute Gasteiger partial charge is 0.150 e. The Balaban J connectivity index is 1.72. The van der Waals surface area contributed by atoms with Gasteiger partial charge in [0.1, 0.15) is 6.29 Å². The lowest BCUT2D eigenvalue weighted by Gasteiger charge is -2.29. The number of fused-ring (bicyclic) bond motifs is 1. The molecular formula is C28H24OS. The fourth-order valence-electron chi connectivity index (χ4n) is 3.59. The van der Waals surface area contributed by atoms with Crippen molar-refractivity contribution >= 4 is 23.6 Å². The lowest BCUT2D eigenvalue weighted by atomic mass is 9.92. The average Bonchev–Trinajstić information content (AvgIpc) is 2.77. The highest BCUT2D eigenvalue weighted by atomic mass is 32.2. The lowest BCUT2D eigenvalue weighted by Crippen LogP contribution is -2.16. The van der Waals surface area contributed by atoms with Crippen molar-refractivity contribution in [3.05, 3.63) is 106 Å². The van der Waals surface area contributed by atoms with E-state index >= 15 is 0 Å². The van der Waals surface area contributed by atoms with Crippen LogP contribution >= 0.6 is 11.8 Å². The van der Waals surface area contributed by atoms with Gasteiger partial charge >= 0.3 is 0 Å². The van der Waals surface area contributed by atoms with E-state index in [2.05, 4.69) is 81.2 Å². The van der Waals surface area contributed by atoms with Crippen molar-refractivity contribution in [2.24, 2.45) is 0 Å². The van der Waals surface area contributed by atoms with Crippen LogP contribution < -0.4 is 0 Å². The molecule has 0 aromatic heterocycles. The van der Waals surface area contributed by atoms with E-state index in [0.29, 0.717) is 5.56 Å². The van der Waals surface area contributed by atoms with E-state index in [1.807, 2.05) is 23.9 Å². The first-order valence-corrected chi connectivity index (χ1v) is 11.0. The first-order chi connectivity index (χ1) is 14.5. The molecule has 3 aromatic rings. The first kappa shape index (κ1) is 20.3. The standard InChI is InChI=1S/C28H24OS/c1-4-20-11-14-24(15-12-20)26-18-28(2,3)30-27-16-13-22(17-25(26)27)8-5-21-6-9-23(19-29)10-7-21/h6-7,9-19H,4H2,1-3H3. The molecule has 0 saturated heterocycles. The Morgan fingerprint density at radius 2 is 1.57 bits per heavy atom. The second kappa shape index (κ2) is 8.38. The Labute approximate surface area is 183 Å². The number of carbonyl (C=O) groups is 1. The second-order valence-electron chi connectivity index (χ2n) is 8.01. The summed E-state index contributed by atoms with van der Waals surface area (Å²) in [4.78, 5) is 12.1. The Morgan fingerprint density at radius 1 is 0.900 bits per heavy atom. The number of rotatable bonds is 3. The summed E-state index contributed by atoms with van der Waals surface area (Å²) in [7, 11) is 0. The van der Waals surface area contributed by atoms with Gasteiger partial charge < -0.3 is 0 Å². The van der Waals surface area contributed by atoms with Crippen LogP contribution in [0.25, 0.3) is 5.57 Å². The molecule has 0 N–H and O–H groups in total. The Morgan fingerprint density at radius 3 is 2.23 bits per heavy atom. The molecule has 30 heavy (non-hydrogen) atoms. The summed E-state index contributed by atoms with van der Waals surface area (Å²) in [6, 6.07) is 22.7. The zero-order valence-corrected chi connectivity index (χ0v) is 18.3. The van der Waals surface area contributed by atoms with E-state index in [1.165, 1.54) is 27.2 Å². The molecule has 1 nitrogen and oxygen atoms in total. The van der Waals surface area contributed by atoms with Crippen LogP contribution in [-0.4, -0.2) is 11.0 Å². The normalized spacial score (nSPS) is 14.2. The van der Waals surface area contributed by atoms with Gasteiger partial charge in [-0.2, -0.15) is 0 Å². The molecule has 148 valence electrons. The third-order valence-corrected chi connectivity index (χ3v) is 6.43. The fourth-order valence-corrected chi connectivity index (χ4v) is 4.75. The summed E-state index contributed by atoms with van der Waals surface area (Å²) in [6.45, 7) is 6.71. The number of aryl methyl sites for hydroxylation is 1. The van der Waals surface area contributed by atoms with Crippen molar-refractivity contribution in [2.75, 3.05) is 0 Å². The summed E-state index contributed by atoms with van der Waals surface area (Å²) in [6.07, 6.45) is 4.27. The van der Waals surface area contributed by atoms with Crippen molar-refractivity contribution < 1.29 is 4.79 Å². The molecule has 3 aromatic carbocycles. The minimum atomic E-state index is 0.0410. The van der Waals surface area contributed by atoms with Gasteiger partial charge in [0, 0.05) is 26.3 Å². The van der Waals surface area contributed by atoms with Crippen LogP contribution in [0, 0.1) is 11.8 Å². The van der Waals surface area contributed by atoms with E-state index in [4.69, 9.17) is 0 Å². The predicted octanol–water partition coefficient (Wildman–Crippen LogP) is 6.78. The molecule has 0 saturated carbocycles. The van der Waals surface area contributed by atoms with Gasteiger partial charge in [0.2, 0.25) is 0 Å². The molecular weight excluding hydrogens is 384 g/mol. The zero-order chi connectivity index (χ0) is 21.1. The second-order valence-corrected chi connectivity index (χ2v) is 9.71. The van der Waals surface area contributed by atoms with Crippen molar-refractivity contribution in [2.45, 2.75) is 36.8 Å². The molecule has 2 heteroatoms. The molecule has 1 aliphatic rings. The van der Waals surface area contributed by atoms with Gasteiger partial charge in [-0.1, -0.05) is 61.2 Å². The monoisotopic (exact) mass is 408 g/mol. The van der Waals surface area contributed by atoms with Crippen molar-refractivity contribution in [1.82, 2.24) is 0 Å². The van der Waals surface area contributed by atoms with Crippen LogP contribution in [0.4, 0.5) is 0 Å². The zero-order valence-electron chi connectivity index (χ0n) is 17.5. The summed E-state index contributed by atoms with van der Waals surface area (Å²) in [5, 5.41) is 0. The van der Waals surface area contributed by atoms with E-state index in [0.717, 1.165) is 23.8 Å². The van der Waals surface area contributed by atoms with E-state index < -0.39 is 0 Å². The summed E-state index contributed by atoms with van der Waals surface area (Å²) in [5.74, 6) is 6.50. The maximum absolute atomic E-state index is 10.8. The summed E-state index contributed by atoms with van der Waals surface area (Å²) >= 11 is 1.89. The maximum Gasteiger partial charge on any atom is 0.150 e. The SMILES string of the molecule is CCc1ccc(C2=CC(C)(C)Sc3ccc(C#Cc4ccc(C=O)cc4)cc32)cc1. The van der Waals surface area contributed by atoms with E-state index in [9.17, 15) is 4.79 Å².